The van der Waals surface area contributed by atoms with Crippen molar-refractivity contribution in [1.29, 1.82) is 0 Å². The van der Waals surface area contributed by atoms with Gasteiger partial charge >= 0.3 is 0 Å². The van der Waals surface area contributed by atoms with E-state index < -0.39 is 0 Å². The second kappa shape index (κ2) is 9.69. The van der Waals surface area contributed by atoms with Gasteiger partial charge in [-0.05, 0) is 36.1 Å². The molecular weight excluding hydrogens is 422 g/mol. The van der Waals surface area contributed by atoms with E-state index >= 15 is 0 Å². The first-order chi connectivity index (χ1) is 15.8. The highest BCUT2D eigenvalue weighted by molar-refractivity contribution is 7.99. The maximum absolute atomic E-state index is 13.1. The third kappa shape index (κ3) is 4.63. The van der Waals surface area contributed by atoms with Gasteiger partial charge in [-0.3, -0.25) is 4.79 Å². The van der Waals surface area contributed by atoms with Gasteiger partial charge in [-0.2, -0.15) is 0 Å². The number of amides is 1. The Morgan fingerprint density at radius 3 is 2.78 bits per heavy atom. The summed E-state index contributed by atoms with van der Waals surface area (Å²) in [5.74, 6) is 2.12. The van der Waals surface area contributed by atoms with Crippen LogP contribution in [0.2, 0.25) is 0 Å². The molecule has 2 aliphatic rings. The Labute approximate surface area is 192 Å². The molecule has 1 aromatic heterocycles. The molecule has 0 radical (unpaired) electrons. The van der Waals surface area contributed by atoms with Gasteiger partial charge in [0, 0.05) is 31.9 Å². The number of thioether (sulfide) groups is 1. The van der Waals surface area contributed by atoms with Gasteiger partial charge in [0.15, 0.2) is 16.7 Å². The van der Waals surface area contributed by atoms with Crippen molar-refractivity contribution in [3.05, 3.63) is 72.1 Å². The van der Waals surface area contributed by atoms with Crippen LogP contribution in [-0.2, 0) is 11.3 Å². The first-order valence-electron chi connectivity index (χ1n) is 11.1. The lowest BCUT2D eigenvalue weighted by Crippen LogP contribution is -2.32. The van der Waals surface area contributed by atoms with Crippen LogP contribution in [0.1, 0.15) is 36.4 Å². The highest BCUT2D eigenvalue weighted by Gasteiger charge is 2.31. The second-order valence-corrected chi connectivity index (χ2v) is 9.06. The molecule has 2 aromatic carbocycles. The van der Waals surface area contributed by atoms with Crippen molar-refractivity contribution in [1.82, 2.24) is 14.5 Å². The molecule has 3 heterocycles. The quantitative estimate of drug-likeness (QED) is 0.517. The summed E-state index contributed by atoms with van der Waals surface area (Å²) >= 11 is 1.51. The Hall–Kier alpha value is -2.93. The number of hydrogen-bond donors (Lipinski definition) is 0. The van der Waals surface area contributed by atoms with Gasteiger partial charge in [0.1, 0.15) is 0 Å². The van der Waals surface area contributed by atoms with E-state index in [1.165, 1.54) is 17.3 Å². The van der Waals surface area contributed by atoms with Crippen molar-refractivity contribution < 1.29 is 14.3 Å². The molecule has 32 heavy (non-hydrogen) atoms. The van der Waals surface area contributed by atoms with Crippen molar-refractivity contribution in [2.24, 2.45) is 0 Å². The molecule has 1 amide bonds. The van der Waals surface area contributed by atoms with Crippen LogP contribution in [0.25, 0.3) is 0 Å². The summed E-state index contributed by atoms with van der Waals surface area (Å²) in [5, 5.41) is 0.869. The molecule has 2 aliphatic heterocycles. The number of fused-ring (bicyclic) bond motifs is 1. The number of aromatic nitrogens is 2. The lowest BCUT2D eigenvalue weighted by atomic mass is 10.0. The number of ether oxygens (including phenoxy) is 2. The van der Waals surface area contributed by atoms with E-state index in [1.807, 2.05) is 35.4 Å². The number of imidazole rings is 1. The van der Waals surface area contributed by atoms with Gasteiger partial charge in [0.25, 0.3) is 0 Å². The lowest BCUT2D eigenvalue weighted by molar-refractivity contribution is -0.129. The van der Waals surface area contributed by atoms with Crippen LogP contribution in [0, 0.1) is 0 Å². The monoisotopic (exact) mass is 449 g/mol. The minimum atomic E-state index is 0.0873. The number of hydrogen-bond acceptors (Lipinski definition) is 5. The SMILES string of the molecule is O=C(CSc1nccn1Cc1ccccc1)N1CCCC1c1ccc2c(c1)OCCCO2. The molecule has 1 unspecified atom stereocenters. The van der Waals surface area contributed by atoms with Crippen LogP contribution < -0.4 is 9.47 Å². The molecule has 0 bridgehead atoms. The van der Waals surface area contributed by atoms with Crippen molar-refractivity contribution in [3.8, 4) is 11.5 Å². The fourth-order valence-corrected chi connectivity index (χ4v) is 5.19. The zero-order valence-electron chi connectivity index (χ0n) is 18.0. The van der Waals surface area contributed by atoms with E-state index in [0.29, 0.717) is 19.0 Å². The number of carbonyl (C=O) groups excluding carboxylic acids is 1. The molecule has 0 saturated carbocycles. The van der Waals surface area contributed by atoms with Crippen molar-refractivity contribution >= 4 is 17.7 Å². The second-order valence-electron chi connectivity index (χ2n) is 8.11. The molecule has 0 aliphatic carbocycles. The Balaban J connectivity index is 1.24. The molecule has 3 aromatic rings. The van der Waals surface area contributed by atoms with Crippen LogP contribution in [-0.4, -0.2) is 45.9 Å². The summed E-state index contributed by atoms with van der Waals surface area (Å²) in [7, 11) is 0. The Morgan fingerprint density at radius 2 is 1.91 bits per heavy atom. The fraction of sp³-hybridized carbons (Fsp3) is 0.360. The predicted octanol–water partition coefficient (Wildman–Crippen LogP) is 4.55. The fourth-order valence-electron chi connectivity index (χ4n) is 4.34. The molecule has 0 N–H and O–H groups in total. The van der Waals surface area contributed by atoms with E-state index in [1.54, 1.807) is 6.20 Å². The van der Waals surface area contributed by atoms with Crippen LogP contribution in [0.3, 0.4) is 0 Å². The Bertz CT molecular complexity index is 1070. The van der Waals surface area contributed by atoms with E-state index in [0.717, 1.165) is 54.6 Å². The molecule has 166 valence electrons. The minimum absolute atomic E-state index is 0.0873. The van der Waals surface area contributed by atoms with E-state index in [9.17, 15) is 4.79 Å². The Morgan fingerprint density at radius 1 is 1.06 bits per heavy atom. The number of rotatable bonds is 6. The number of nitrogens with zero attached hydrogens (tertiary/aromatic N) is 3. The van der Waals surface area contributed by atoms with E-state index in [4.69, 9.17) is 9.47 Å². The number of benzene rings is 2. The van der Waals surface area contributed by atoms with Gasteiger partial charge in [-0.15, -0.1) is 0 Å². The highest BCUT2D eigenvalue weighted by atomic mass is 32.2. The third-order valence-electron chi connectivity index (χ3n) is 5.93. The zero-order valence-corrected chi connectivity index (χ0v) is 18.8. The molecule has 1 atom stereocenters. The van der Waals surface area contributed by atoms with Gasteiger partial charge in [-0.1, -0.05) is 48.2 Å². The average molecular weight is 450 g/mol. The minimum Gasteiger partial charge on any atom is -0.490 e. The van der Waals surface area contributed by atoms with Crippen LogP contribution in [0.15, 0.2) is 66.1 Å². The van der Waals surface area contributed by atoms with Gasteiger partial charge in [0.2, 0.25) is 5.91 Å². The zero-order chi connectivity index (χ0) is 21.8. The van der Waals surface area contributed by atoms with Crippen molar-refractivity contribution in [2.45, 2.75) is 37.0 Å². The first-order valence-corrected chi connectivity index (χ1v) is 12.1. The van der Waals surface area contributed by atoms with Crippen LogP contribution in [0.4, 0.5) is 0 Å². The summed E-state index contributed by atoms with van der Waals surface area (Å²) in [6.45, 7) is 2.88. The normalized spacial score (nSPS) is 17.9. The summed E-state index contributed by atoms with van der Waals surface area (Å²) in [4.78, 5) is 19.6. The molecule has 6 nitrogen and oxygen atoms in total. The highest BCUT2D eigenvalue weighted by Crippen LogP contribution is 2.38. The number of likely N-dealkylation sites (tertiary alicyclic amines) is 1. The van der Waals surface area contributed by atoms with Gasteiger partial charge < -0.3 is 18.9 Å². The van der Waals surface area contributed by atoms with E-state index in [2.05, 4.69) is 33.8 Å². The maximum Gasteiger partial charge on any atom is 0.233 e. The maximum atomic E-state index is 13.1. The molecular formula is C25H27N3O3S. The summed E-state index contributed by atoms with van der Waals surface area (Å²) < 4.78 is 13.7. The van der Waals surface area contributed by atoms with Crippen molar-refractivity contribution in [2.75, 3.05) is 25.5 Å². The Kier molecular flexibility index (Phi) is 6.34. The average Bonchev–Trinajstić information content (AvgIpc) is 3.42. The standard InChI is InChI=1S/C25H27N3O3S/c29-24(18-32-25-26-11-13-27(25)17-19-6-2-1-3-7-19)28-12-4-8-21(28)20-9-10-22-23(16-20)31-15-5-14-30-22/h1-3,6-7,9-11,13,16,21H,4-5,8,12,14-15,17-18H2. The smallest absolute Gasteiger partial charge is 0.233 e. The topological polar surface area (TPSA) is 56.6 Å². The summed E-state index contributed by atoms with van der Waals surface area (Å²) in [6, 6.07) is 16.5. The molecule has 1 saturated heterocycles. The van der Waals surface area contributed by atoms with Crippen molar-refractivity contribution in [3.63, 3.8) is 0 Å². The largest absolute Gasteiger partial charge is 0.490 e. The van der Waals surface area contributed by atoms with Gasteiger partial charge in [-0.25, -0.2) is 4.98 Å². The third-order valence-corrected chi connectivity index (χ3v) is 6.92. The van der Waals surface area contributed by atoms with E-state index in [-0.39, 0.29) is 11.9 Å². The first kappa shape index (κ1) is 20.9. The molecule has 7 heteroatoms. The lowest BCUT2D eigenvalue weighted by Gasteiger charge is -2.25. The number of carbonyl (C=O) groups is 1. The molecule has 5 rings (SSSR count). The van der Waals surface area contributed by atoms with Gasteiger partial charge in [0.05, 0.1) is 25.0 Å². The molecule has 1 fully saturated rings. The molecule has 0 spiro atoms. The van der Waals surface area contributed by atoms with Crippen LogP contribution >= 0.6 is 11.8 Å². The van der Waals surface area contributed by atoms with Crippen LogP contribution in [0.5, 0.6) is 11.5 Å². The summed E-state index contributed by atoms with van der Waals surface area (Å²) in [6.07, 6.45) is 6.63. The summed E-state index contributed by atoms with van der Waals surface area (Å²) in [5.41, 5.74) is 2.34. The predicted molar refractivity (Wildman–Crippen MR) is 124 cm³/mol.